The number of hydrogen-bond acceptors (Lipinski definition) is 6. The molecule has 0 aliphatic heterocycles. The van der Waals surface area contributed by atoms with Crippen molar-refractivity contribution in [3.8, 4) is 12.1 Å². The van der Waals surface area contributed by atoms with E-state index in [0.717, 1.165) is 64.2 Å². The van der Waals surface area contributed by atoms with Gasteiger partial charge in [-0.25, -0.2) is 26.3 Å². The van der Waals surface area contributed by atoms with Gasteiger partial charge in [0.15, 0.2) is 5.08 Å². The van der Waals surface area contributed by atoms with Crippen molar-refractivity contribution in [2.45, 2.75) is 89.9 Å². The van der Waals surface area contributed by atoms with Crippen molar-refractivity contribution in [3.05, 3.63) is 0 Å². The quantitative estimate of drug-likeness (QED) is 0.274. The molecule has 0 atom stereocenters. The van der Waals surface area contributed by atoms with Gasteiger partial charge < -0.3 is 0 Å². The number of nitriles is 2. The summed E-state index contributed by atoms with van der Waals surface area (Å²) in [6.07, 6.45) is 12.0. The highest BCUT2D eigenvalue weighted by molar-refractivity contribution is 8.06. The molecule has 0 bridgehead atoms. The third kappa shape index (κ3) is 19.9. The standard InChI is InChI=1S/C19H36N4O4S2/c20-15-11-7-3-1-5-9-13-17-22-28(24,25)19-29(26,27)23-18-14-10-6-2-4-8-12-16-21/h22-23H,1-14,17-19H2. The molecule has 29 heavy (non-hydrogen) atoms. The summed E-state index contributed by atoms with van der Waals surface area (Å²) in [7, 11) is -7.73. The Hall–Kier alpha value is -1.20. The number of sulfonamides is 2. The average molecular weight is 449 g/mol. The maximum atomic E-state index is 11.9. The van der Waals surface area contributed by atoms with E-state index in [9.17, 15) is 16.8 Å². The van der Waals surface area contributed by atoms with Crippen LogP contribution in [-0.4, -0.2) is 35.0 Å². The highest BCUT2D eigenvalue weighted by Crippen LogP contribution is 2.07. The topological polar surface area (TPSA) is 140 Å². The molecular formula is C19H36N4O4S2. The number of rotatable bonds is 20. The van der Waals surface area contributed by atoms with Crippen LogP contribution in [0, 0.1) is 22.7 Å². The van der Waals surface area contributed by atoms with Crippen molar-refractivity contribution in [2.24, 2.45) is 0 Å². The van der Waals surface area contributed by atoms with Crippen LogP contribution in [0.1, 0.15) is 89.9 Å². The van der Waals surface area contributed by atoms with Crippen LogP contribution < -0.4 is 9.44 Å². The van der Waals surface area contributed by atoms with Gasteiger partial charge in [0.2, 0.25) is 20.0 Å². The second-order valence-corrected chi connectivity index (χ2v) is 11.2. The van der Waals surface area contributed by atoms with Crippen LogP contribution in [0.5, 0.6) is 0 Å². The minimum Gasteiger partial charge on any atom is -0.214 e. The van der Waals surface area contributed by atoms with Crippen LogP contribution in [0.15, 0.2) is 0 Å². The molecule has 8 nitrogen and oxygen atoms in total. The lowest BCUT2D eigenvalue weighted by Gasteiger charge is -2.09. The molecule has 0 aliphatic rings. The average Bonchev–Trinajstić information content (AvgIpc) is 2.64. The maximum absolute atomic E-state index is 11.9. The Bertz CT molecular complexity index is 635. The Balaban J connectivity index is 3.78. The number of unbranched alkanes of at least 4 members (excludes halogenated alkanes) is 12. The molecule has 0 aromatic rings. The molecule has 0 amide bonds. The predicted molar refractivity (Wildman–Crippen MR) is 115 cm³/mol. The molecule has 0 radical (unpaired) electrons. The van der Waals surface area contributed by atoms with E-state index in [-0.39, 0.29) is 13.1 Å². The van der Waals surface area contributed by atoms with Gasteiger partial charge in [-0.3, -0.25) is 0 Å². The van der Waals surface area contributed by atoms with E-state index in [4.69, 9.17) is 10.5 Å². The summed E-state index contributed by atoms with van der Waals surface area (Å²) in [5.74, 6) is 0. The van der Waals surface area contributed by atoms with Crippen molar-refractivity contribution in [3.63, 3.8) is 0 Å². The molecular weight excluding hydrogens is 412 g/mol. The van der Waals surface area contributed by atoms with Crippen LogP contribution in [-0.2, 0) is 20.0 Å². The number of nitrogens with zero attached hydrogens (tertiary/aromatic N) is 2. The van der Waals surface area contributed by atoms with Gasteiger partial charge in [0, 0.05) is 25.9 Å². The summed E-state index contributed by atoms with van der Waals surface area (Å²) >= 11 is 0. The third-order valence-electron chi connectivity index (χ3n) is 4.38. The first-order valence-corrected chi connectivity index (χ1v) is 13.8. The summed E-state index contributed by atoms with van der Waals surface area (Å²) in [6, 6.07) is 4.21. The molecule has 0 rings (SSSR count). The van der Waals surface area contributed by atoms with E-state index in [2.05, 4.69) is 21.6 Å². The fraction of sp³-hybridized carbons (Fsp3) is 0.895. The van der Waals surface area contributed by atoms with Crippen LogP contribution in [0.4, 0.5) is 0 Å². The fourth-order valence-corrected chi connectivity index (χ4v) is 6.03. The fourth-order valence-electron chi connectivity index (χ4n) is 2.82. The largest absolute Gasteiger partial charge is 0.227 e. The van der Waals surface area contributed by atoms with Crippen LogP contribution >= 0.6 is 0 Å². The van der Waals surface area contributed by atoms with Gasteiger partial charge in [-0.1, -0.05) is 51.4 Å². The molecule has 0 aliphatic carbocycles. The SMILES string of the molecule is N#CCCCCCCCCNS(=O)(=O)CS(=O)(=O)NCCCCCCCCC#N. The van der Waals surface area contributed by atoms with E-state index in [1.807, 2.05) is 0 Å². The first-order chi connectivity index (χ1) is 13.8. The van der Waals surface area contributed by atoms with Crippen molar-refractivity contribution in [2.75, 3.05) is 18.2 Å². The summed E-state index contributed by atoms with van der Waals surface area (Å²) in [5, 5.41) is 15.9. The molecule has 168 valence electrons. The molecule has 0 spiro atoms. The van der Waals surface area contributed by atoms with Gasteiger partial charge in [-0.2, -0.15) is 10.5 Å². The molecule has 0 saturated carbocycles. The lowest BCUT2D eigenvalue weighted by atomic mass is 10.1. The van der Waals surface area contributed by atoms with Gasteiger partial charge in [-0.15, -0.1) is 0 Å². The van der Waals surface area contributed by atoms with Crippen molar-refractivity contribution in [1.82, 2.24) is 9.44 Å². The predicted octanol–water partition coefficient (Wildman–Crippen LogP) is 3.29. The van der Waals surface area contributed by atoms with Crippen molar-refractivity contribution >= 4 is 20.0 Å². The zero-order valence-electron chi connectivity index (χ0n) is 17.4. The lowest BCUT2D eigenvalue weighted by Crippen LogP contribution is -2.36. The van der Waals surface area contributed by atoms with Gasteiger partial charge in [0.25, 0.3) is 0 Å². The second-order valence-electron chi connectivity index (χ2n) is 7.19. The van der Waals surface area contributed by atoms with Gasteiger partial charge in [0.1, 0.15) is 0 Å². The molecule has 0 saturated heterocycles. The first kappa shape index (κ1) is 27.8. The highest BCUT2D eigenvalue weighted by Gasteiger charge is 2.21. The molecule has 0 unspecified atom stereocenters. The van der Waals surface area contributed by atoms with E-state index in [0.29, 0.717) is 25.7 Å². The van der Waals surface area contributed by atoms with E-state index >= 15 is 0 Å². The normalized spacial score (nSPS) is 11.8. The monoisotopic (exact) mass is 448 g/mol. The maximum Gasteiger partial charge on any atom is 0.227 e. The lowest BCUT2D eigenvalue weighted by molar-refractivity contribution is 0.559. The van der Waals surface area contributed by atoms with E-state index < -0.39 is 25.1 Å². The molecule has 2 N–H and O–H groups in total. The molecule has 0 aromatic carbocycles. The Kier molecular flexibility index (Phi) is 16.9. The zero-order valence-corrected chi connectivity index (χ0v) is 19.0. The molecule has 0 heterocycles. The van der Waals surface area contributed by atoms with E-state index in [1.165, 1.54) is 0 Å². The van der Waals surface area contributed by atoms with Crippen molar-refractivity contribution < 1.29 is 16.8 Å². The Morgan fingerprint density at radius 3 is 1.17 bits per heavy atom. The van der Waals surface area contributed by atoms with Crippen LogP contribution in [0.25, 0.3) is 0 Å². The highest BCUT2D eigenvalue weighted by atomic mass is 32.3. The van der Waals surface area contributed by atoms with Gasteiger partial charge in [-0.05, 0) is 25.7 Å². The number of nitrogens with one attached hydrogen (secondary N) is 2. The summed E-state index contributed by atoms with van der Waals surface area (Å²) in [5.41, 5.74) is 0. The Morgan fingerprint density at radius 2 is 0.828 bits per heavy atom. The Morgan fingerprint density at radius 1 is 0.517 bits per heavy atom. The molecule has 0 aromatic heterocycles. The minimum absolute atomic E-state index is 0.238. The van der Waals surface area contributed by atoms with Gasteiger partial charge >= 0.3 is 0 Å². The third-order valence-corrected chi connectivity index (χ3v) is 8.16. The summed E-state index contributed by atoms with van der Waals surface area (Å²) in [4.78, 5) is 0. The zero-order chi connectivity index (χ0) is 21.8. The first-order valence-electron chi connectivity index (χ1n) is 10.5. The van der Waals surface area contributed by atoms with Crippen LogP contribution in [0.3, 0.4) is 0 Å². The second kappa shape index (κ2) is 17.6. The van der Waals surface area contributed by atoms with Gasteiger partial charge in [0.05, 0.1) is 12.1 Å². The smallest absolute Gasteiger partial charge is 0.214 e. The van der Waals surface area contributed by atoms with Crippen molar-refractivity contribution in [1.29, 1.82) is 10.5 Å². The van der Waals surface area contributed by atoms with Crippen LogP contribution in [0.2, 0.25) is 0 Å². The Labute approximate surface area is 177 Å². The minimum atomic E-state index is -3.87. The van der Waals surface area contributed by atoms with E-state index in [1.54, 1.807) is 0 Å². The number of hydrogen-bond donors (Lipinski definition) is 2. The molecule has 0 fully saturated rings. The molecule has 10 heteroatoms. The summed E-state index contributed by atoms with van der Waals surface area (Å²) in [6.45, 7) is 0.476. The summed E-state index contributed by atoms with van der Waals surface area (Å²) < 4.78 is 52.4.